The number of anilines is 1. The third-order valence-corrected chi connectivity index (χ3v) is 5.36. The van der Waals surface area contributed by atoms with Crippen molar-refractivity contribution in [1.29, 1.82) is 0 Å². The zero-order valence-electron chi connectivity index (χ0n) is 13.1. The fourth-order valence-electron chi connectivity index (χ4n) is 2.18. The first-order chi connectivity index (χ1) is 10.2. The van der Waals surface area contributed by atoms with E-state index >= 15 is 0 Å². The van der Waals surface area contributed by atoms with E-state index in [4.69, 9.17) is 9.42 Å². The Morgan fingerprint density at radius 1 is 1.55 bits per heavy atom. The predicted octanol–water partition coefficient (Wildman–Crippen LogP) is 1.78. The molecule has 1 aromatic heterocycles. The molecule has 1 aromatic rings. The minimum Gasteiger partial charge on any atom is -0.598 e. The van der Waals surface area contributed by atoms with Crippen LogP contribution in [0.2, 0.25) is 0 Å². The van der Waals surface area contributed by atoms with Crippen molar-refractivity contribution in [2.75, 3.05) is 18.5 Å². The van der Waals surface area contributed by atoms with Gasteiger partial charge in [-0.3, -0.25) is 0 Å². The van der Waals surface area contributed by atoms with Crippen molar-refractivity contribution in [1.82, 2.24) is 9.71 Å². The Kier molecular flexibility index (Phi) is 5.40. The number of nitrogens with zero attached hydrogens (tertiary/aromatic N) is 2. The molecule has 0 radical (unpaired) electrons. The van der Waals surface area contributed by atoms with Crippen LogP contribution in [0.5, 0.6) is 5.88 Å². The molecule has 0 spiro atoms. The van der Waals surface area contributed by atoms with Crippen LogP contribution in [0.15, 0.2) is 12.1 Å². The Balaban J connectivity index is 2.25. The average molecular weight is 347 g/mol. The second kappa shape index (κ2) is 6.76. The van der Waals surface area contributed by atoms with Crippen LogP contribution in [0.4, 0.5) is 5.82 Å². The molecular weight excluding hydrogens is 325 g/mol. The van der Waals surface area contributed by atoms with Gasteiger partial charge in [-0.2, -0.15) is 4.98 Å². The molecule has 0 saturated heterocycles. The molecule has 0 fully saturated rings. The van der Waals surface area contributed by atoms with Crippen LogP contribution >= 0.6 is 8.25 Å². The van der Waals surface area contributed by atoms with Gasteiger partial charge >= 0.3 is 8.25 Å². The average Bonchev–Trinajstić information content (AvgIpc) is 2.40. The molecule has 3 atom stereocenters. The summed E-state index contributed by atoms with van der Waals surface area (Å²) in [5.74, 6) is 0.796. The fraction of sp³-hybridized carbons (Fsp3) is 0.615. The van der Waals surface area contributed by atoms with E-state index in [9.17, 15) is 9.12 Å². The number of hydrogen-bond acceptors (Lipinski definition) is 6. The summed E-state index contributed by atoms with van der Waals surface area (Å²) in [6.45, 7) is 6.50. The molecule has 0 aliphatic carbocycles. The molecule has 7 nitrogen and oxygen atoms in total. The van der Waals surface area contributed by atoms with Gasteiger partial charge in [-0.15, -0.1) is 4.72 Å². The van der Waals surface area contributed by atoms with Gasteiger partial charge in [0.15, 0.2) is 0 Å². The SMILES string of the molecule is CN1CCC(N[S+]([O-])C(C)(C)C)c2ccc(O[PH](=O)O)nc21. The first-order valence-electron chi connectivity index (χ1n) is 6.99. The summed E-state index contributed by atoms with van der Waals surface area (Å²) in [4.78, 5) is 15.1. The van der Waals surface area contributed by atoms with Crippen molar-refractivity contribution in [2.24, 2.45) is 0 Å². The highest BCUT2D eigenvalue weighted by atomic mass is 32.2. The van der Waals surface area contributed by atoms with Gasteiger partial charge in [0.2, 0.25) is 5.88 Å². The molecule has 0 amide bonds. The van der Waals surface area contributed by atoms with Crippen molar-refractivity contribution in [2.45, 2.75) is 38.0 Å². The fourth-order valence-corrected chi connectivity index (χ4v) is 3.33. The monoisotopic (exact) mass is 347 g/mol. The van der Waals surface area contributed by atoms with Crippen molar-refractivity contribution in [3.05, 3.63) is 17.7 Å². The van der Waals surface area contributed by atoms with Gasteiger partial charge in [0.05, 0.1) is 6.04 Å². The molecule has 3 unspecified atom stereocenters. The molecule has 0 saturated carbocycles. The Morgan fingerprint density at radius 2 is 2.23 bits per heavy atom. The maximum atomic E-state index is 12.3. The van der Waals surface area contributed by atoms with Crippen LogP contribution in [-0.2, 0) is 15.9 Å². The lowest BCUT2D eigenvalue weighted by Crippen LogP contribution is -2.44. The van der Waals surface area contributed by atoms with Gasteiger partial charge in [0.1, 0.15) is 10.6 Å². The summed E-state index contributed by atoms with van der Waals surface area (Å²) in [6.07, 6.45) is 0.809. The zero-order chi connectivity index (χ0) is 16.5. The van der Waals surface area contributed by atoms with E-state index in [1.165, 1.54) is 0 Å². The number of nitrogens with one attached hydrogen (secondary N) is 1. The molecule has 2 rings (SSSR count). The lowest BCUT2D eigenvalue weighted by molar-refractivity contribution is 0.403. The molecular formula is C13H22N3O4PS. The molecule has 9 heteroatoms. The number of rotatable bonds is 4. The Labute approximate surface area is 134 Å². The minimum atomic E-state index is -3.08. The van der Waals surface area contributed by atoms with Crippen molar-refractivity contribution >= 4 is 25.4 Å². The Bertz CT molecular complexity index is 567. The summed E-state index contributed by atoms with van der Waals surface area (Å²) >= 11 is -1.18. The molecule has 2 heterocycles. The largest absolute Gasteiger partial charge is 0.598 e. The van der Waals surface area contributed by atoms with E-state index in [1.54, 1.807) is 12.1 Å². The van der Waals surface area contributed by atoms with Crippen LogP contribution < -0.4 is 14.1 Å². The van der Waals surface area contributed by atoms with Gasteiger partial charge in [0, 0.05) is 36.6 Å². The van der Waals surface area contributed by atoms with Gasteiger partial charge in [-0.05, 0) is 33.3 Å². The maximum Gasteiger partial charge on any atom is 0.366 e. The third-order valence-electron chi connectivity index (χ3n) is 3.37. The molecule has 1 aliphatic rings. The smallest absolute Gasteiger partial charge is 0.366 e. The highest BCUT2D eigenvalue weighted by Gasteiger charge is 2.33. The quantitative estimate of drug-likeness (QED) is 0.633. The van der Waals surface area contributed by atoms with Crippen LogP contribution in [0.3, 0.4) is 0 Å². The lowest BCUT2D eigenvalue weighted by atomic mass is 10.0. The minimum absolute atomic E-state index is 0.0704. The maximum absolute atomic E-state index is 12.3. The first-order valence-corrected chi connectivity index (χ1v) is 9.40. The van der Waals surface area contributed by atoms with Crippen molar-refractivity contribution in [3.8, 4) is 5.88 Å². The number of aromatic nitrogens is 1. The van der Waals surface area contributed by atoms with E-state index in [0.717, 1.165) is 18.5 Å². The third kappa shape index (κ3) is 4.14. The second-order valence-electron chi connectivity index (χ2n) is 6.19. The first kappa shape index (κ1) is 17.6. The van der Waals surface area contributed by atoms with Gasteiger partial charge in [0.25, 0.3) is 0 Å². The Morgan fingerprint density at radius 3 is 2.82 bits per heavy atom. The van der Waals surface area contributed by atoms with Crippen LogP contribution in [-0.4, -0.2) is 32.8 Å². The van der Waals surface area contributed by atoms with Crippen LogP contribution in [0, 0.1) is 0 Å². The van der Waals surface area contributed by atoms with Crippen molar-refractivity contribution < 1.29 is 18.5 Å². The van der Waals surface area contributed by atoms with Gasteiger partial charge < -0.3 is 18.9 Å². The second-order valence-corrected chi connectivity index (χ2v) is 8.93. The molecule has 0 aromatic carbocycles. The number of hydrogen-bond donors (Lipinski definition) is 2. The highest BCUT2D eigenvalue weighted by molar-refractivity contribution is 7.90. The zero-order valence-corrected chi connectivity index (χ0v) is 14.9. The normalized spacial score (nSPS) is 21.2. The van der Waals surface area contributed by atoms with Crippen molar-refractivity contribution in [3.63, 3.8) is 0 Å². The summed E-state index contributed by atoms with van der Waals surface area (Å²) in [7, 11) is -1.18. The number of fused-ring (bicyclic) bond motifs is 1. The molecule has 0 bridgehead atoms. The standard InChI is InChI=1S/C13H22N3O4PS/c1-13(2,3)22(19)15-10-7-8-16(4)12-9(10)5-6-11(14-12)20-21(17)18/h5-6,10,15,21H,7-8H2,1-4H3,(H,17,18). The van der Waals surface area contributed by atoms with E-state index in [-0.39, 0.29) is 16.7 Å². The molecule has 2 N–H and O–H groups in total. The van der Waals surface area contributed by atoms with Gasteiger partial charge in [-0.1, -0.05) is 0 Å². The summed E-state index contributed by atoms with van der Waals surface area (Å²) < 4.78 is 30.7. The molecule has 22 heavy (non-hydrogen) atoms. The predicted molar refractivity (Wildman–Crippen MR) is 87.7 cm³/mol. The van der Waals surface area contributed by atoms with E-state index in [2.05, 4.69) is 9.71 Å². The lowest BCUT2D eigenvalue weighted by Gasteiger charge is -2.34. The molecule has 1 aliphatic heterocycles. The van der Waals surface area contributed by atoms with Crippen LogP contribution in [0.1, 0.15) is 38.8 Å². The van der Waals surface area contributed by atoms with E-state index in [0.29, 0.717) is 5.82 Å². The molecule has 124 valence electrons. The summed E-state index contributed by atoms with van der Waals surface area (Å²) in [5, 5.41) is 0. The summed E-state index contributed by atoms with van der Waals surface area (Å²) in [6, 6.07) is 3.29. The van der Waals surface area contributed by atoms with E-state index in [1.807, 2.05) is 32.7 Å². The van der Waals surface area contributed by atoms with Crippen LogP contribution in [0.25, 0.3) is 0 Å². The van der Waals surface area contributed by atoms with E-state index < -0.39 is 19.6 Å². The highest BCUT2D eigenvalue weighted by Crippen LogP contribution is 2.35. The van der Waals surface area contributed by atoms with Gasteiger partial charge in [-0.25, -0.2) is 4.57 Å². The Hall–Kier alpha value is -0.790. The summed E-state index contributed by atoms with van der Waals surface area (Å²) in [5.41, 5.74) is 0.913. The number of pyridine rings is 1. The topological polar surface area (TPSA) is 97.8 Å².